The zero-order valence-electron chi connectivity index (χ0n) is 13.5. The number of amides is 1. The van der Waals surface area contributed by atoms with Crippen LogP contribution in [0.4, 0.5) is 4.79 Å². The van der Waals surface area contributed by atoms with Gasteiger partial charge in [0, 0.05) is 5.70 Å². The van der Waals surface area contributed by atoms with E-state index in [9.17, 15) is 4.79 Å². The van der Waals surface area contributed by atoms with Gasteiger partial charge in [0.1, 0.15) is 5.60 Å². The van der Waals surface area contributed by atoms with E-state index in [-0.39, 0.29) is 6.09 Å². The lowest BCUT2D eigenvalue weighted by Crippen LogP contribution is -2.32. The molecule has 0 aliphatic heterocycles. The molecule has 110 valence electrons. The summed E-state index contributed by atoms with van der Waals surface area (Å²) in [5.41, 5.74) is 2.03. The number of ether oxygens (including phenoxy) is 1. The molecule has 0 aromatic heterocycles. The Bertz CT molecular complexity index is 363. The van der Waals surface area contributed by atoms with Crippen molar-refractivity contribution in [2.75, 3.05) is 0 Å². The maximum Gasteiger partial charge on any atom is 0.411 e. The molecule has 3 nitrogen and oxygen atoms in total. The van der Waals surface area contributed by atoms with Crippen molar-refractivity contribution in [1.29, 1.82) is 0 Å². The van der Waals surface area contributed by atoms with Crippen molar-refractivity contribution in [3.63, 3.8) is 0 Å². The Labute approximate surface area is 117 Å². The van der Waals surface area contributed by atoms with Crippen LogP contribution in [-0.2, 0) is 4.74 Å². The summed E-state index contributed by atoms with van der Waals surface area (Å²) in [7, 11) is 0. The van der Waals surface area contributed by atoms with Crippen molar-refractivity contribution in [2.45, 2.75) is 66.9 Å². The Hall–Kier alpha value is -0.990. The molecule has 0 radical (unpaired) electrons. The zero-order chi connectivity index (χ0) is 14.8. The highest BCUT2D eigenvalue weighted by Gasteiger charge is 2.30. The molecule has 0 aromatic carbocycles. The SMILES string of the molecule is CC1CC1=C(CC(C)C(C)C)NC(=O)OC(C)(C)C. The van der Waals surface area contributed by atoms with Crippen molar-refractivity contribution in [2.24, 2.45) is 17.8 Å². The Balaban J connectivity index is 2.66. The number of hydrogen-bond acceptors (Lipinski definition) is 2. The fourth-order valence-electron chi connectivity index (χ4n) is 1.94. The molecule has 1 fully saturated rings. The maximum absolute atomic E-state index is 11.9. The number of carbonyl (C=O) groups excluding carboxylic acids is 1. The lowest BCUT2D eigenvalue weighted by molar-refractivity contribution is 0.0542. The highest BCUT2D eigenvalue weighted by molar-refractivity contribution is 5.70. The molecule has 2 atom stereocenters. The second-order valence-electron chi connectivity index (χ2n) is 7.16. The highest BCUT2D eigenvalue weighted by atomic mass is 16.6. The third kappa shape index (κ3) is 5.66. The van der Waals surface area contributed by atoms with E-state index in [2.05, 4.69) is 33.0 Å². The minimum Gasteiger partial charge on any atom is -0.444 e. The van der Waals surface area contributed by atoms with E-state index in [4.69, 9.17) is 4.74 Å². The second-order valence-corrected chi connectivity index (χ2v) is 7.16. The summed E-state index contributed by atoms with van der Waals surface area (Å²) in [5, 5.41) is 2.97. The van der Waals surface area contributed by atoms with Gasteiger partial charge in [0.2, 0.25) is 0 Å². The summed E-state index contributed by atoms with van der Waals surface area (Å²) in [6, 6.07) is 0. The van der Waals surface area contributed by atoms with Crippen LogP contribution in [0.25, 0.3) is 0 Å². The van der Waals surface area contributed by atoms with Crippen LogP contribution in [-0.4, -0.2) is 11.7 Å². The van der Waals surface area contributed by atoms with E-state index in [1.54, 1.807) is 0 Å². The normalized spacial score (nSPS) is 23.1. The quantitative estimate of drug-likeness (QED) is 0.815. The van der Waals surface area contributed by atoms with Crippen LogP contribution in [0, 0.1) is 17.8 Å². The van der Waals surface area contributed by atoms with Gasteiger partial charge >= 0.3 is 6.09 Å². The van der Waals surface area contributed by atoms with Gasteiger partial charge in [0.05, 0.1) is 0 Å². The van der Waals surface area contributed by atoms with Crippen LogP contribution in [0.3, 0.4) is 0 Å². The molecule has 1 N–H and O–H groups in total. The van der Waals surface area contributed by atoms with Gasteiger partial charge in [0.15, 0.2) is 0 Å². The predicted octanol–water partition coefficient (Wildman–Crippen LogP) is 4.49. The van der Waals surface area contributed by atoms with Gasteiger partial charge in [-0.2, -0.15) is 0 Å². The monoisotopic (exact) mass is 267 g/mol. The Kier molecular flexibility index (Phi) is 5.05. The number of alkyl carbamates (subject to hydrolysis) is 1. The standard InChI is InChI=1S/C16H29NO2/c1-10(2)11(3)9-14(13-8-12(13)4)17-15(18)19-16(5,6)7/h10-12H,8-9H2,1-7H3,(H,17,18). The van der Waals surface area contributed by atoms with Crippen LogP contribution < -0.4 is 5.32 Å². The predicted molar refractivity (Wildman–Crippen MR) is 78.8 cm³/mol. The van der Waals surface area contributed by atoms with Gasteiger partial charge in [0.25, 0.3) is 0 Å². The third-order valence-electron chi connectivity index (χ3n) is 3.66. The average Bonchev–Trinajstić information content (AvgIpc) is 2.91. The van der Waals surface area contributed by atoms with E-state index in [1.807, 2.05) is 20.8 Å². The number of carbonyl (C=O) groups is 1. The average molecular weight is 267 g/mol. The summed E-state index contributed by atoms with van der Waals surface area (Å²) in [6.45, 7) is 14.5. The molecular formula is C16H29NO2. The van der Waals surface area contributed by atoms with Gasteiger partial charge in [-0.1, -0.05) is 27.7 Å². The molecule has 1 saturated carbocycles. The van der Waals surface area contributed by atoms with Crippen LogP contribution in [0.1, 0.15) is 61.3 Å². The van der Waals surface area contributed by atoms with Crippen LogP contribution >= 0.6 is 0 Å². The number of rotatable bonds is 4. The molecule has 0 spiro atoms. The van der Waals surface area contributed by atoms with E-state index < -0.39 is 5.60 Å². The maximum atomic E-state index is 11.9. The highest BCUT2D eigenvalue weighted by Crippen LogP contribution is 2.41. The first-order valence-electron chi connectivity index (χ1n) is 7.32. The van der Waals surface area contributed by atoms with Crippen LogP contribution in [0.2, 0.25) is 0 Å². The molecule has 1 amide bonds. The molecule has 0 saturated heterocycles. The van der Waals surface area contributed by atoms with Gasteiger partial charge in [-0.3, -0.25) is 5.32 Å². The smallest absolute Gasteiger partial charge is 0.411 e. The first-order chi connectivity index (χ1) is 8.60. The molecule has 1 rings (SSSR count). The largest absolute Gasteiger partial charge is 0.444 e. The first kappa shape index (κ1) is 16.1. The van der Waals surface area contributed by atoms with Crippen LogP contribution in [0.5, 0.6) is 0 Å². The molecule has 1 aliphatic carbocycles. The van der Waals surface area contributed by atoms with Crippen molar-refractivity contribution < 1.29 is 9.53 Å². The molecule has 0 bridgehead atoms. The fraction of sp³-hybridized carbons (Fsp3) is 0.812. The Morgan fingerprint density at radius 2 is 1.89 bits per heavy atom. The molecule has 1 aliphatic rings. The van der Waals surface area contributed by atoms with Crippen molar-refractivity contribution in [3.05, 3.63) is 11.3 Å². The lowest BCUT2D eigenvalue weighted by Gasteiger charge is -2.22. The number of nitrogens with one attached hydrogen (secondary N) is 1. The van der Waals surface area contributed by atoms with E-state index in [0.717, 1.165) is 18.5 Å². The topological polar surface area (TPSA) is 38.3 Å². The summed E-state index contributed by atoms with van der Waals surface area (Å²) in [5.74, 6) is 1.79. The summed E-state index contributed by atoms with van der Waals surface area (Å²) >= 11 is 0. The Morgan fingerprint density at radius 3 is 2.26 bits per heavy atom. The van der Waals surface area contributed by atoms with E-state index in [0.29, 0.717) is 17.8 Å². The fourth-order valence-corrected chi connectivity index (χ4v) is 1.94. The second kappa shape index (κ2) is 5.98. The molecule has 2 unspecified atom stereocenters. The van der Waals surface area contributed by atoms with Crippen LogP contribution in [0.15, 0.2) is 11.3 Å². The lowest BCUT2D eigenvalue weighted by atomic mass is 9.93. The van der Waals surface area contributed by atoms with Crippen molar-refractivity contribution in [1.82, 2.24) is 5.32 Å². The number of hydrogen-bond donors (Lipinski definition) is 1. The van der Waals surface area contributed by atoms with Crippen molar-refractivity contribution in [3.8, 4) is 0 Å². The minimum absolute atomic E-state index is 0.329. The number of allylic oxidation sites excluding steroid dienone is 2. The first-order valence-corrected chi connectivity index (χ1v) is 7.32. The third-order valence-corrected chi connectivity index (χ3v) is 3.66. The Morgan fingerprint density at radius 1 is 1.37 bits per heavy atom. The minimum atomic E-state index is -0.446. The molecule has 0 heterocycles. The summed E-state index contributed by atoms with van der Waals surface area (Å²) in [6.07, 6.45) is 1.71. The zero-order valence-corrected chi connectivity index (χ0v) is 13.5. The van der Waals surface area contributed by atoms with Gasteiger partial charge in [-0.25, -0.2) is 4.79 Å². The molecular weight excluding hydrogens is 238 g/mol. The van der Waals surface area contributed by atoms with Gasteiger partial charge in [-0.05, 0) is 56.9 Å². The molecule has 3 heteroatoms. The summed E-state index contributed by atoms with van der Waals surface area (Å²) in [4.78, 5) is 11.9. The molecule has 19 heavy (non-hydrogen) atoms. The van der Waals surface area contributed by atoms with E-state index >= 15 is 0 Å². The molecule has 0 aromatic rings. The summed E-state index contributed by atoms with van der Waals surface area (Å²) < 4.78 is 5.34. The van der Waals surface area contributed by atoms with Gasteiger partial charge < -0.3 is 4.74 Å². The van der Waals surface area contributed by atoms with Gasteiger partial charge in [-0.15, -0.1) is 0 Å². The van der Waals surface area contributed by atoms with E-state index in [1.165, 1.54) is 5.57 Å². The van der Waals surface area contributed by atoms with Crippen molar-refractivity contribution >= 4 is 6.09 Å².